The Kier molecular flexibility index (Phi) is 3.97. The molecule has 0 aliphatic heterocycles. The van der Waals surface area contributed by atoms with Crippen molar-refractivity contribution in [2.75, 3.05) is 0 Å². The van der Waals surface area contributed by atoms with Crippen LogP contribution in [0.1, 0.15) is 23.2 Å². The minimum absolute atomic E-state index is 0.0886. The smallest absolute Gasteiger partial charge is 0.265 e. The average Bonchev–Trinajstić information content (AvgIpc) is 2.16. The molecule has 0 radical (unpaired) electrons. The van der Waals surface area contributed by atoms with Crippen LogP contribution in [-0.2, 0) is 11.8 Å². The van der Waals surface area contributed by atoms with Crippen LogP contribution in [0.3, 0.4) is 0 Å². The van der Waals surface area contributed by atoms with Crippen LogP contribution >= 0.6 is 15.9 Å². The van der Waals surface area contributed by atoms with Crippen molar-refractivity contribution in [3.63, 3.8) is 0 Å². The summed E-state index contributed by atoms with van der Waals surface area (Å²) in [5.74, 6) is 0. The lowest BCUT2D eigenvalue weighted by atomic mass is 10.1. The fraction of sp³-hybridized carbons (Fsp3) is 0.333. The Balaban J connectivity index is 3.41. The van der Waals surface area contributed by atoms with Crippen LogP contribution in [0.25, 0.3) is 0 Å². The third kappa shape index (κ3) is 2.63. The number of nitrogens with zero attached hydrogens (tertiary/aromatic N) is 1. The molecule has 0 amide bonds. The molecule has 1 heterocycles. The largest absolute Gasteiger partial charge is 0.325 e. The van der Waals surface area contributed by atoms with Crippen LogP contribution in [-0.4, -0.2) is 4.98 Å². The molecule has 0 spiro atoms. The second-order valence-electron chi connectivity index (χ2n) is 2.82. The van der Waals surface area contributed by atoms with Crippen molar-refractivity contribution in [3.05, 3.63) is 33.2 Å². The Hall–Kier alpha value is -1.22. The predicted molar refractivity (Wildman–Crippen MR) is 54.0 cm³/mol. The first-order valence-corrected chi connectivity index (χ1v) is 5.18. The molecule has 1 rings (SSSR count). The van der Waals surface area contributed by atoms with Gasteiger partial charge in [0.25, 0.3) is 6.43 Å². The van der Waals surface area contributed by atoms with Crippen LogP contribution in [0, 0.1) is 11.3 Å². The van der Waals surface area contributed by atoms with Gasteiger partial charge in [-0.25, -0.2) is 8.78 Å². The lowest BCUT2D eigenvalue weighted by Crippen LogP contribution is -2.13. The highest BCUT2D eigenvalue weighted by Gasteiger charge is 2.18. The zero-order valence-electron chi connectivity index (χ0n) is 7.56. The number of aromatic nitrogens is 1. The molecule has 3 nitrogen and oxygen atoms in total. The average molecular weight is 277 g/mol. The van der Waals surface area contributed by atoms with Crippen molar-refractivity contribution in [1.82, 2.24) is 4.98 Å². The van der Waals surface area contributed by atoms with E-state index >= 15 is 0 Å². The van der Waals surface area contributed by atoms with E-state index in [-0.39, 0.29) is 28.6 Å². The summed E-state index contributed by atoms with van der Waals surface area (Å²) in [4.78, 5) is 13.4. The summed E-state index contributed by atoms with van der Waals surface area (Å²) >= 11 is 3.01. The Morgan fingerprint density at radius 3 is 2.73 bits per heavy atom. The van der Waals surface area contributed by atoms with Crippen molar-refractivity contribution in [1.29, 1.82) is 5.26 Å². The Morgan fingerprint density at radius 1 is 1.60 bits per heavy atom. The minimum Gasteiger partial charge on any atom is -0.325 e. The maximum absolute atomic E-state index is 12.7. The molecule has 0 fully saturated rings. The second kappa shape index (κ2) is 5.03. The Labute approximate surface area is 92.9 Å². The number of nitrogens with one attached hydrogen (secondary N) is 1. The molecule has 0 bridgehead atoms. The van der Waals surface area contributed by atoms with Gasteiger partial charge in [0, 0.05) is 22.7 Å². The fourth-order valence-electron chi connectivity index (χ4n) is 1.29. The van der Waals surface area contributed by atoms with Crippen LogP contribution in [0.5, 0.6) is 0 Å². The van der Waals surface area contributed by atoms with Gasteiger partial charge in [-0.3, -0.25) is 4.79 Å². The molecule has 15 heavy (non-hydrogen) atoms. The van der Waals surface area contributed by atoms with E-state index in [0.29, 0.717) is 0 Å². The van der Waals surface area contributed by atoms with E-state index in [1.807, 2.05) is 0 Å². The summed E-state index contributed by atoms with van der Waals surface area (Å²) < 4.78 is 25.4. The third-order valence-electron chi connectivity index (χ3n) is 1.87. The van der Waals surface area contributed by atoms with Gasteiger partial charge in [0.2, 0.25) is 5.56 Å². The van der Waals surface area contributed by atoms with Crippen molar-refractivity contribution in [3.8, 4) is 6.07 Å². The zero-order chi connectivity index (χ0) is 11.4. The van der Waals surface area contributed by atoms with Crippen LogP contribution in [0.2, 0.25) is 0 Å². The van der Waals surface area contributed by atoms with Gasteiger partial charge in [-0.1, -0.05) is 15.9 Å². The number of rotatable bonds is 3. The number of aromatic amines is 1. The van der Waals surface area contributed by atoms with Gasteiger partial charge in [0.05, 0.1) is 12.5 Å². The number of hydrogen-bond donors (Lipinski definition) is 1. The van der Waals surface area contributed by atoms with Crippen LogP contribution in [0.15, 0.2) is 10.9 Å². The number of H-pyrrole nitrogens is 1. The number of pyridine rings is 1. The highest BCUT2D eigenvalue weighted by atomic mass is 79.9. The first-order valence-electron chi connectivity index (χ1n) is 4.06. The molecule has 0 saturated carbocycles. The van der Waals surface area contributed by atoms with Crippen molar-refractivity contribution in [2.45, 2.75) is 18.2 Å². The molecule has 0 aliphatic rings. The predicted octanol–water partition coefficient (Wildman–Crippen LogP) is 2.27. The van der Waals surface area contributed by atoms with Crippen molar-refractivity contribution in [2.24, 2.45) is 0 Å². The first kappa shape index (κ1) is 11.9. The van der Waals surface area contributed by atoms with E-state index < -0.39 is 12.0 Å². The van der Waals surface area contributed by atoms with Gasteiger partial charge in [-0.2, -0.15) is 5.26 Å². The quantitative estimate of drug-likeness (QED) is 0.861. The summed E-state index contributed by atoms with van der Waals surface area (Å²) in [6, 6.07) is 2.79. The first-order chi connectivity index (χ1) is 7.10. The monoisotopic (exact) mass is 276 g/mol. The zero-order valence-corrected chi connectivity index (χ0v) is 9.14. The summed E-state index contributed by atoms with van der Waals surface area (Å²) in [6.45, 7) is 0. The Bertz CT molecular complexity index is 450. The van der Waals surface area contributed by atoms with Crippen molar-refractivity contribution < 1.29 is 8.78 Å². The van der Waals surface area contributed by atoms with E-state index in [0.717, 1.165) is 6.07 Å². The van der Waals surface area contributed by atoms with Crippen molar-refractivity contribution >= 4 is 15.9 Å². The minimum atomic E-state index is -2.70. The van der Waals surface area contributed by atoms with Gasteiger partial charge < -0.3 is 4.98 Å². The molecule has 0 unspecified atom stereocenters. The summed E-state index contributed by atoms with van der Waals surface area (Å²) in [7, 11) is 0. The van der Waals surface area contributed by atoms with E-state index in [2.05, 4.69) is 20.9 Å². The second-order valence-corrected chi connectivity index (χ2v) is 3.38. The van der Waals surface area contributed by atoms with Gasteiger partial charge >= 0.3 is 0 Å². The maximum Gasteiger partial charge on any atom is 0.265 e. The topological polar surface area (TPSA) is 56.6 Å². The normalized spacial score (nSPS) is 10.3. The van der Waals surface area contributed by atoms with Gasteiger partial charge in [0.1, 0.15) is 0 Å². The fourth-order valence-corrected chi connectivity index (χ4v) is 1.73. The number of halogens is 3. The standard InChI is InChI=1S/C9H7BrF2N2O/c10-4-6-8(9(11)12)5(1-2-13)3-7(15)14-6/h3,9H,1,4H2,(H,14,15). The molecule has 1 aromatic heterocycles. The van der Waals surface area contributed by atoms with Crippen LogP contribution in [0.4, 0.5) is 8.78 Å². The summed E-state index contributed by atoms with van der Waals surface area (Å²) in [5.41, 5.74) is -0.513. The molecule has 0 saturated heterocycles. The lowest BCUT2D eigenvalue weighted by Gasteiger charge is -2.09. The number of alkyl halides is 3. The maximum atomic E-state index is 12.7. The summed E-state index contributed by atoms with van der Waals surface area (Å²) in [6.07, 6.45) is -2.89. The molecular weight excluding hydrogens is 270 g/mol. The van der Waals surface area contributed by atoms with Gasteiger partial charge in [0.15, 0.2) is 0 Å². The molecule has 0 aromatic carbocycles. The molecule has 0 atom stereocenters. The van der Waals surface area contributed by atoms with E-state index in [9.17, 15) is 13.6 Å². The third-order valence-corrected chi connectivity index (χ3v) is 2.43. The van der Waals surface area contributed by atoms with Gasteiger partial charge in [-0.05, 0) is 5.56 Å². The van der Waals surface area contributed by atoms with E-state index in [1.165, 1.54) is 0 Å². The molecule has 1 N–H and O–H groups in total. The van der Waals surface area contributed by atoms with Gasteiger partial charge in [-0.15, -0.1) is 0 Å². The highest BCUT2D eigenvalue weighted by Crippen LogP contribution is 2.26. The molecular formula is C9H7BrF2N2O. The molecule has 1 aromatic rings. The molecule has 0 aliphatic carbocycles. The van der Waals surface area contributed by atoms with Crippen LogP contribution < -0.4 is 5.56 Å². The number of nitriles is 1. The summed E-state index contributed by atoms with van der Waals surface area (Å²) in [5, 5.41) is 8.59. The number of hydrogen-bond acceptors (Lipinski definition) is 2. The Morgan fingerprint density at radius 2 is 2.27 bits per heavy atom. The SMILES string of the molecule is N#CCc1cc(=O)[nH]c(CBr)c1C(F)F. The molecule has 80 valence electrons. The van der Waals surface area contributed by atoms with E-state index in [1.54, 1.807) is 6.07 Å². The van der Waals surface area contributed by atoms with E-state index in [4.69, 9.17) is 5.26 Å². The molecule has 6 heteroatoms. The highest BCUT2D eigenvalue weighted by molar-refractivity contribution is 9.08. The lowest BCUT2D eigenvalue weighted by molar-refractivity contribution is 0.149.